The lowest BCUT2D eigenvalue weighted by Gasteiger charge is -2.30. The van der Waals surface area contributed by atoms with Gasteiger partial charge in [0.05, 0.1) is 0 Å². The summed E-state index contributed by atoms with van der Waals surface area (Å²) < 4.78 is 19.3. The first-order chi connectivity index (χ1) is 7.65. The number of hydrogen-bond acceptors (Lipinski definition) is 2. The Balaban J connectivity index is 2.02. The molecule has 1 aliphatic rings. The van der Waals surface area contributed by atoms with Gasteiger partial charge in [-0.3, -0.25) is 0 Å². The molecule has 0 aliphatic carbocycles. The van der Waals surface area contributed by atoms with E-state index in [1.165, 1.54) is 6.07 Å². The van der Waals surface area contributed by atoms with Gasteiger partial charge >= 0.3 is 0 Å². The summed E-state index contributed by atoms with van der Waals surface area (Å²) in [6.45, 7) is 3.87. The van der Waals surface area contributed by atoms with Gasteiger partial charge < -0.3 is 9.64 Å². The Morgan fingerprint density at radius 2 is 2.25 bits per heavy atom. The number of benzene rings is 1. The highest BCUT2D eigenvalue weighted by Crippen LogP contribution is 2.22. The number of ether oxygens (including phenoxy) is 1. The van der Waals surface area contributed by atoms with Crippen LogP contribution < -0.4 is 4.74 Å². The molecule has 0 amide bonds. The molecule has 3 heteroatoms. The number of likely N-dealkylation sites (N-methyl/N-ethyl adjacent to an activating group) is 1. The number of nitrogens with zero attached hydrogens (tertiary/aromatic N) is 1. The van der Waals surface area contributed by atoms with Gasteiger partial charge in [-0.05, 0) is 51.1 Å². The molecule has 1 aromatic carbocycles. The van der Waals surface area contributed by atoms with Crippen LogP contribution in [0, 0.1) is 12.7 Å². The molecule has 0 spiro atoms. The quantitative estimate of drug-likeness (QED) is 0.764. The molecule has 0 bridgehead atoms. The third-order valence-electron chi connectivity index (χ3n) is 2.96. The molecular formula is C13H18FNO. The van der Waals surface area contributed by atoms with Gasteiger partial charge in [-0.15, -0.1) is 0 Å². The lowest BCUT2D eigenvalue weighted by molar-refractivity contribution is 0.100. The van der Waals surface area contributed by atoms with Crippen LogP contribution in [-0.2, 0) is 0 Å². The number of piperidine rings is 1. The maximum atomic E-state index is 13.6. The molecule has 1 aromatic rings. The molecule has 1 fully saturated rings. The first kappa shape index (κ1) is 11.4. The van der Waals surface area contributed by atoms with Gasteiger partial charge in [0, 0.05) is 6.54 Å². The van der Waals surface area contributed by atoms with Gasteiger partial charge in [-0.1, -0.05) is 6.07 Å². The van der Waals surface area contributed by atoms with E-state index in [1.807, 2.05) is 13.0 Å². The minimum Gasteiger partial charge on any atom is -0.486 e. The first-order valence-electron chi connectivity index (χ1n) is 5.76. The van der Waals surface area contributed by atoms with E-state index in [2.05, 4.69) is 11.9 Å². The van der Waals surface area contributed by atoms with Crippen LogP contribution in [0.25, 0.3) is 0 Å². The van der Waals surface area contributed by atoms with Crippen LogP contribution in [0.2, 0.25) is 0 Å². The standard InChI is InChI=1S/C13H18FNO/c1-10-5-6-13(12(14)8-10)16-11-4-3-7-15(2)9-11/h5-6,8,11H,3-4,7,9H2,1-2H3. The number of hydrogen-bond donors (Lipinski definition) is 0. The third kappa shape index (κ3) is 2.73. The largest absolute Gasteiger partial charge is 0.486 e. The maximum absolute atomic E-state index is 13.6. The Morgan fingerprint density at radius 1 is 1.44 bits per heavy atom. The van der Waals surface area contributed by atoms with Crippen molar-refractivity contribution in [2.75, 3.05) is 20.1 Å². The number of rotatable bonds is 2. The number of aryl methyl sites for hydroxylation is 1. The molecule has 1 atom stereocenters. The Morgan fingerprint density at radius 3 is 2.94 bits per heavy atom. The highest BCUT2D eigenvalue weighted by Gasteiger charge is 2.19. The molecule has 16 heavy (non-hydrogen) atoms. The summed E-state index contributed by atoms with van der Waals surface area (Å²) in [5.74, 6) is 0.124. The molecule has 0 N–H and O–H groups in total. The summed E-state index contributed by atoms with van der Waals surface area (Å²) >= 11 is 0. The Bertz CT molecular complexity index is 367. The second kappa shape index (κ2) is 4.83. The second-order valence-corrected chi connectivity index (χ2v) is 4.58. The summed E-state index contributed by atoms with van der Waals surface area (Å²) in [6, 6.07) is 5.12. The lowest BCUT2D eigenvalue weighted by atomic mass is 10.1. The summed E-state index contributed by atoms with van der Waals surface area (Å²) in [7, 11) is 2.07. The SMILES string of the molecule is Cc1ccc(OC2CCCN(C)C2)c(F)c1. The van der Waals surface area contributed by atoms with E-state index in [4.69, 9.17) is 4.74 Å². The molecule has 2 nitrogen and oxygen atoms in total. The summed E-state index contributed by atoms with van der Waals surface area (Å²) in [4.78, 5) is 2.22. The summed E-state index contributed by atoms with van der Waals surface area (Å²) in [5.41, 5.74) is 0.922. The van der Waals surface area contributed by atoms with Crippen LogP contribution in [-0.4, -0.2) is 31.1 Å². The van der Waals surface area contributed by atoms with Crippen molar-refractivity contribution >= 4 is 0 Å². The smallest absolute Gasteiger partial charge is 0.165 e. The van der Waals surface area contributed by atoms with Gasteiger partial charge in [0.25, 0.3) is 0 Å². The lowest BCUT2D eigenvalue weighted by Crippen LogP contribution is -2.38. The zero-order chi connectivity index (χ0) is 11.5. The van der Waals surface area contributed by atoms with Crippen molar-refractivity contribution in [3.8, 4) is 5.75 Å². The van der Waals surface area contributed by atoms with Gasteiger partial charge in [-0.25, -0.2) is 4.39 Å². The van der Waals surface area contributed by atoms with Crippen molar-refractivity contribution in [3.05, 3.63) is 29.6 Å². The van der Waals surface area contributed by atoms with Crippen LogP contribution in [0.5, 0.6) is 5.75 Å². The molecule has 1 saturated heterocycles. The van der Waals surface area contributed by atoms with E-state index >= 15 is 0 Å². The van der Waals surface area contributed by atoms with Gasteiger partial charge in [0.1, 0.15) is 6.10 Å². The van der Waals surface area contributed by atoms with E-state index in [0.717, 1.165) is 31.5 Å². The Labute approximate surface area is 96.0 Å². The van der Waals surface area contributed by atoms with Crippen LogP contribution in [0.15, 0.2) is 18.2 Å². The first-order valence-corrected chi connectivity index (χ1v) is 5.76. The van der Waals surface area contributed by atoms with E-state index in [0.29, 0.717) is 5.75 Å². The molecule has 0 saturated carbocycles. The maximum Gasteiger partial charge on any atom is 0.165 e. The number of halogens is 1. The minimum atomic E-state index is -0.256. The summed E-state index contributed by atoms with van der Waals surface area (Å²) in [6.07, 6.45) is 2.25. The van der Waals surface area contributed by atoms with Crippen molar-refractivity contribution in [2.45, 2.75) is 25.9 Å². The normalized spacial score (nSPS) is 22.1. The predicted octanol–water partition coefficient (Wildman–Crippen LogP) is 2.61. The molecule has 0 aromatic heterocycles. The van der Waals surface area contributed by atoms with Crippen molar-refractivity contribution in [2.24, 2.45) is 0 Å². The zero-order valence-electron chi connectivity index (χ0n) is 9.87. The molecule has 2 rings (SSSR count). The van der Waals surface area contributed by atoms with Crippen molar-refractivity contribution in [1.29, 1.82) is 0 Å². The molecule has 1 unspecified atom stereocenters. The second-order valence-electron chi connectivity index (χ2n) is 4.58. The van der Waals surface area contributed by atoms with Crippen LogP contribution in [0.4, 0.5) is 4.39 Å². The number of likely N-dealkylation sites (tertiary alicyclic amines) is 1. The van der Waals surface area contributed by atoms with Crippen molar-refractivity contribution in [1.82, 2.24) is 4.90 Å². The van der Waals surface area contributed by atoms with Crippen LogP contribution >= 0.6 is 0 Å². The van der Waals surface area contributed by atoms with Gasteiger partial charge in [-0.2, -0.15) is 0 Å². The fraction of sp³-hybridized carbons (Fsp3) is 0.538. The molecule has 1 heterocycles. The average Bonchev–Trinajstić information content (AvgIpc) is 2.22. The van der Waals surface area contributed by atoms with Crippen LogP contribution in [0.1, 0.15) is 18.4 Å². The Kier molecular flexibility index (Phi) is 3.44. The molecule has 0 radical (unpaired) electrons. The van der Waals surface area contributed by atoms with Crippen molar-refractivity contribution in [3.63, 3.8) is 0 Å². The fourth-order valence-corrected chi connectivity index (χ4v) is 2.10. The third-order valence-corrected chi connectivity index (χ3v) is 2.96. The van der Waals surface area contributed by atoms with Gasteiger partial charge in [0.15, 0.2) is 11.6 Å². The zero-order valence-corrected chi connectivity index (χ0v) is 9.87. The predicted molar refractivity (Wildman–Crippen MR) is 62.3 cm³/mol. The van der Waals surface area contributed by atoms with E-state index in [9.17, 15) is 4.39 Å². The average molecular weight is 223 g/mol. The highest BCUT2D eigenvalue weighted by molar-refractivity contribution is 5.28. The monoisotopic (exact) mass is 223 g/mol. The van der Waals surface area contributed by atoms with Crippen LogP contribution in [0.3, 0.4) is 0 Å². The minimum absolute atomic E-state index is 0.121. The van der Waals surface area contributed by atoms with Crippen molar-refractivity contribution < 1.29 is 9.13 Å². The highest BCUT2D eigenvalue weighted by atomic mass is 19.1. The summed E-state index contributed by atoms with van der Waals surface area (Å²) in [5, 5.41) is 0. The van der Waals surface area contributed by atoms with E-state index in [-0.39, 0.29) is 11.9 Å². The molecule has 1 aliphatic heterocycles. The Hall–Kier alpha value is -1.09. The molecule has 88 valence electrons. The van der Waals surface area contributed by atoms with Gasteiger partial charge in [0.2, 0.25) is 0 Å². The molecular weight excluding hydrogens is 205 g/mol. The van der Waals surface area contributed by atoms with E-state index < -0.39 is 0 Å². The topological polar surface area (TPSA) is 12.5 Å². The van der Waals surface area contributed by atoms with E-state index in [1.54, 1.807) is 6.07 Å². The fourth-order valence-electron chi connectivity index (χ4n) is 2.10.